The zero-order valence-electron chi connectivity index (χ0n) is 11.2. The summed E-state index contributed by atoms with van der Waals surface area (Å²) in [4.78, 5) is 25.7. The number of oxazole rings is 1. The third-order valence-electron chi connectivity index (χ3n) is 3.05. The van der Waals surface area contributed by atoms with Gasteiger partial charge in [0.15, 0.2) is 5.58 Å². The van der Waals surface area contributed by atoms with Crippen molar-refractivity contribution in [3.05, 3.63) is 46.7 Å². The molecule has 0 spiro atoms. The molecule has 2 heterocycles. The smallest absolute Gasteiger partial charge is 0.408 e. The van der Waals surface area contributed by atoms with E-state index in [1.54, 1.807) is 42.3 Å². The second-order valence-electron chi connectivity index (χ2n) is 4.64. The molecule has 21 heavy (non-hydrogen) atoms. The lowest BCUT2D eigenvalue weighted by atomic mass is 10.1. The van der Waals surface area contributed by atoms with Gasteiger partial charge in [-0.15, -0.1) is 0 Å². The summed E-state index contributed by atoms with van der Waals surface area (Å²) in [6.07, 6.45) is 3.22. The molecule has 0 aliphatic heterocycles. The first-order valence-corrected chi connectivity index (χ1v) is 6.21. The molecule has 0 aliphatic rings. The van der Waals surface area contributed by atoms with Gasteiger partial charge in [-0.3, -0.25) is 14.5 Å². The highest BCUT2D eigenvalue weighted by Crippen LogP contribution is 2.18. The summed E-state index contributed by atoms with van der Waals surface area (Å²) >= 11 is 0. The summed E-state index contributed by atoms with van der Waals surface area (Å²) in [6, 6.07) is 4.01. The van der Waals surface area contributed by atoms with Gasteiger partial charge in [0.25, 0.3) is 0 Å². The van der Waals surface area contributed by atoms with Crippen LogP contribution < -0.4 is 16.8 Å². The molecule has 8 nitrogen and oxygen atoms in total. The number of aromatic amines is 1. The van der Waals surface area contributed by atoms with Crippen LogP contribution in [0.3, 0.4) is 0 Å². The van der Waals surface area contributed by atoms with Crippen molar-refractivity contribution < 1.29 is 9.21 Å². The number of nitrogens with zero attached hydrogens (tertiary/aromatic N) is 2. The lowest BCUT2D eigenvalue weighted by Crippen LogP contribution is -2.27. The van der Waals surface area contributed by atoms with E-state index in [1.165, 1.54) is 0 Å². The van der Waals surface area contributed by atoms with E-state index in [0.29, 0.717) is 22.4 Å². The maximum absolute atomic E-state index is 12.1. The maximum Gasteiger partial charge on any atom is 0.417 e. The quantitative estimate of drug-likeness (QED) is 0.648. The van der Waals surface area contributed by atoms with Crippen molar-refractivity contribution in [2.24, 2.45) is 12.8 Å². The minimum Gasteiger partial charge on any atom is -0.408 e. The Bertz CT molecular complexity index is 860. The van der Waals surface area contributed by atoms with Gasteiger partial charge < -0.3 is 15.5 Å². The zero-order valence-corrected chi connectivity index (χ0v) is 11.2. The van der Waals surface area contributed by atoms with Crippen LogP contribution in [0.15, 0.2) is 39.8 Å². The molecule has 1 amide bonds. The molecule has 0 saturated heterocycles. The number of hydrogen-bond acceptors (Lipinski definition) is 5. The average molecular weight is 287 g/mol. The number of anilines is 1. The number of amides is 1. The molecule has 1 aromatic carbocycles. The molecule has 0 bridgehead atoms. The summed E-state index contributed by atoms with van der Waals surface area (Å²) in [7, 11) is 1.75. The van der Waals surface area contributed by atoms with E-state index in [2.05, 4.69) is 15.4 Å². The molecule has 1 unspecified atom stereocenters. The number of aryl methyl sites for hydroxylation is 1. The normalized spacial score (nSPS) is 12.5. The Morgan fingerprint density at radius 3 is 3.05 bits per heavy atom. The van der Waals surface area contributed by atoms with Crippen molar-refractivity contribution in [2.45, 2.75) is 6.04 Å². The maximum atomic E-state index is 12.1. The Hall–Kier alpha value is -2.87. The van der Waals surface area contributed by atoms with Crippen molar-refractivity contribution >= 4 is 22.7 Å². The van der Waals surface area contributed by atoms with Crippen molar-refractivity contribution in [1.82, 2.24) is 14.8 Å². The third kappa shape index (κ3) is 2.56. The third-order valence-corrected chi connectivity index (χ3v) is 3.05. The van der Waals surface area contributed by atoms with Gasteiger partial charge in [0, 0.05) is 24.5 Å². The summed E-state index contributed by atoms with van der Waals surface area (Å²) < 4.78 is 6.46. The Labute approximate surface area is 118 Å². The molecule has 2 aromatic heterocycles. The number of rotatable bonds is 3. The lowest BCUT2D eigenvalue weighted by Gasteiger charge is -2.10. The van der Waals surface area contributed by atoms with Crippen LogP contribution in [0.25, 0.3) is 11.1 Å². The molecule has 0 radical (unpaired) electrons. The van der Waals surface area contributed by atoms with Gasteiger partial charge in [0.05, 0.1) is 11.7 Å². The molecular formula is C13H13N5O3. The van der Waals surface area contributed by atoms with Crippen LogP contribution in [0.1, 0.15) is 11.6 Å². The highest BCUT2D eigenvalue weighted by molar-refractivity contribution is 5.96. The fraction of sp³-hybridized carbons (Fsp3) is 0.154. The predicted molar refractivity (Wildman–Crippen MR) is 75.6 cm³/mol. The van der Waals surface area contributed by atoms with Gasteiger partial charge in [-0.05, 0) is 18.2 Å². The first-order chi connectivity index (χ1) is 10.0. The SMILES string of the molecule is Cn1cc(C(N)C(=O)Nc2ccc3oc(=O)[nH]c3c2)cn1. The topological polar surface area (TPSA) is 119 Å². The number of nitrogens with two attached hydrogens (primary N) is 1. The van der Waals surface area contributed by atoms with Crippen molar-refractivity contribution in [3.63, 3.8) is 0 Å². The first kappa shape index (κ1) is 13.1. The molecule has 8 heteroatoms. The molecule has 3 rings (SSSR count). The van der Waals surface area contributed by atoms with Crippen molar-refractivity contribution in [2.75, 3.05) is 5.32 Å². The van der Waals surface area contributed by atoms with E-state index in [4.69, 9.17) is 10.2 Å². The van der Waals surface area contributed by atoms with E-state index in [0.717, 1.165) is 0 Å². The second-order valence-corrected chi connectivity index (χ2v) is 4.64. The Morgan fingerprint density at radius 1 is 1.52 bits per heavy atom. The van der Waals surface area contributed by atoms with Gasteiger partial charge in [0.1, 0.15) is 6.04 Å². The standard InChI is InChI=1S/C13H13N5O3/c1-18-6-7(5-15-18)11(14)12(19)16-8-2-3-10-9(4-8)17-13(20)21-10/h2-6,11H,14H2,1H3,(H,16,19)(H,17,20). The Morgan fingerprint density at radius 2 is 2.33 bits per heavy atom. The van der Waals surface area contributed by atoms with Gasteiger partial charge in [-0.25, -0.2) is 4.79 Å². The fourth-order valence-corrected chi connectivity index (χ4v) is 2.00. The highest BCUT2D eigenvalue weighted by Gasteiger charge is 2.17. The number of H-pyrrole nitrogens is 1. The van der Waals surface area contributed by atoms with Crippen LogP contribution >= 0.6 is 0 Å². The number of hydrogen-bond donors (Lipinski definition) is 3. The molecule has 3 aromatic rings. The molecule has 0 aliphatic carbocycles. The summed E-state index contributed by atoms with van der Waals surface area (Å²) in [5.41, 5.74) is 7.94. The van der Waals surface area contributed by atoms with Crippen molar-refractivity contribution in [3.8, 4) is 0 Å². The largest absolute Gasteiger partial charge is 0.417 e. The molecular weight excluding hydrogens is 274 g/mol. The van der Waals surface area contributed by atoms with Crippen LogP contribution in [-0.2, 0) is 11.8 Å². The van der Waals surface area contributed by atoms with E-state index < -0.39 is 11.8 Å². The van der Waals surface area contributed by atoms with Crippen LogP contribution in [0, 0.1) is 0 Å². The molecule has 1 atom stereocenters. The minimum absolute atomic E-state index is 0.367. The van der Waals surface area contributed by atoms with E-state index in [-0.39, 0.29) is 5.91 Å². The number of carbonyl (C=O) groups is 1. The minimum atomic E-state index is -0.821. The van der Waals surface area contributed by atoms with Gasteiger partial charge in [-0.1, -0.05) is 0 Å². The summed E-state index contributed by atoms with van der Waals surface area (Å²) in [5.74, 6) is -0.909. The molecule has 0 fully saturated rings. The molecule has 0 saturated carbocycles. The van der Waals surface area contributed by atoms with Gasteiger partial charge >= 0.3 is 5.76 Å². The van der Waals surface area contributed by atoms with Crippen LogP contribution in [0.5, 0.6) is 0 Å². The summed E-state index contributed by atoms with van der Waals surface area (Å²) in [5, 5.41) is 6.66. The monoisotopic (exact) mass is 287 g/mol. The number of carbonyl (C=O) groups excluding carboxylic acids is 1. The van der Waals surface area contributed by atoms with Gasteiger partial charge in [-0.2, -0.15) is 5.10 Å². The fourth-order valence-electron chi connectivity index (χ4n) is 2.00. The number of nitrogens with one attached hydrogen (secondary N) is 2. The Balaban J connectivity index is 1.80. The highest BCUT2D eigenvalue weighted by atomic mass is 16.4. The van der Waals surface area contributed by atoms with E-state index in [9.17, 15) is 9.59 Å². The number of aromatic nitrogens is 3. The first-order valence-electron chi connectivity index (χ1n) is 6.21. The van der Waals surface area contributed by atoms with Crippen molar-refractivity contribution in [1.29, 1.82) is 0 Å². The van der Waals surface area contributed by atoms with Crippen LogP contribution in [-0.4, -0.2) is 20.7 Å². The number of benzene rings is 1. The summed E-state index contributed by atoms with van der Waals surface area (Å²) in [6.45, 7) is 0. The van der Waals surface area contributed by atoms with E-state index in [1.807, 2.05) is 0 Å². The second kappa shape index (κ2) is 4.91. The average Bonchev–Trinajstić information content (AvgIpc) is 3.02. The predicted octanol–water partition coefficient (Wildman–Crippen LogP) is 0.493. The van der Waals surface area contributed by atoms with Crippen LogP contribution in [0.4, 0.5) is 5.69 Å². The van der Waals surface area contributed by atoms with Crippen LogP contribution in [0.2, 0.25) is 0 Å². The lowest BCUT2D eigenvalue weighted by molar-refractivity contribution is -0.117. The van der Waals surface area contributed by atoms with E-state index >= 15 is 0 Å². The zero-order chi connectivity index (χ0) is 15.0. The Kier molecular flexibility index (Phi) is 3.07. The van der Waals surface area contributed by atoms with Gasteiger partial charge in [0.2, 0.25) is 5.91 Å². The number of fused-ring (bicyclic) bond motifs is 1. The molecule has 4 N–H and O–H groups in total. The molecule has 108 valence electrons.